The van der Waals surface area contributed by atoms with E-state index >= 15 is 0 Å². The molecule has 1 saturated carbocycles. The maximum atomic E-state index is 3.74. The van der Waals surface area contributed by atoms with E-state index in [-0.39, 0.29) is 0 Å². The second-order valence-electron chi connectivity index (χ2n) is 6.17. The maximum absolute atomic E-state index is 3.74. The first kappa shape index (κ1) is 12.4. The van der Waals surface area contributed by atoms with Gasteiger partial charge < -0.3 is 5.32 Å². The summed E-state index contributed by atoms with van der Waals surface area (Å²) in [6, 6.07) is 1.55. The Labute approximate surface area is 101 Å². The molecule has 2 rings (SSSR count). The monoisotopic (exact) mass is 224 g/mol. The molecule has 1 aliphatic heterocycles. The Morgan fingerprint density at radius 2 is 1.75 bits per heavy atom. The van der Waals surface area contributed by atoms with E-state index in [2.05, 4.69) is 31.0 Å². The molecule has 0 amide bonds. The largest absolute Gasteiger partial charge is 0.312 e. The molecule has 2 heteroatoms. The highest BCUT2D eigenvalue weighted by Gasteiger charge is 2.31. The summed E-state index contributed by atoms with van der Waals surface area (Å²) >= 11 is 0. The Morgan fingerprint density at radius 1 is 1.12 bits per heavy atom. The molecule has 1 atom stereocenters. The summed E-state index contributed by atoms with van der Waals surface area (Å²) in [6.07, 6.45) is 5.63. The summed E-state index contributed by atoms with van der Waals surface area (Å²) in [5.74, 6) is 1.87. The summed E-state index contributed by atoms with van der Waals surface area (Å²) in [5.41, 5.74) is 0. The molecule has 16 heavy (non-hydrogen) atoms. The van der Waals surface area contributed by atoms with Crippen LogP contribution in [-0.2, 0) is 0 Å². The quantitative estimate of drug-likeness (QED) is 0.772. The molecule has 2 aliphatic rings. The molecule has 1 aliphatic carbocycles. The Morgan fingerprint density at radius 3 is 2.31 bits per heavy atom. The van der Waals surface area contributed by atoms with Gasteiger partial charge in [0.05, 0.1) is 0 Å². The van der Waals surface area contributed by atoms with Gasteiger partial charge in [0.25, 0.3) is 0 Å². The molecule has 0 aromatic heterocycles. The molecule has 1 saturated heterocycles. The van der Waals surface area contributed by atoms with Crippen LogP contribution in [0.4, 0.5) is 0 Å². The molecular weight excluding hydrogens is 196 g/mol. The van der Waals surface area contributed by atoms with Crippen molar-refractivity contribution in [2.45, 2.75) is 58.5 Å². The van der Waals surface area contributed by atoms with E-state index in [9.17, 15) is 0 Å². The van der Waals surface area contributed by atoms with Crippen molar-refractivity contribution in [1.29, 1.82) is 0 Å². The van der Waals surface area contributed by atoms with E-state index in [1.807, 2.05) is 0 Å². The van der Waals surface area contributed by atoms with E-state index in [4.69, 9.17) is 0 Å². The van der Waals surface area contributed by atoms with Crippen LogP contribution >= 0.6 is 0 Å². The first-order chi connectivity index (χ1) is 7.66. The highest BCUT2D eigenvalue weighted by atomic mass is 15.2. The number of nitrogens with one attached hydrogen (secondary N) is 1. The Balaban J connectivity index is 1.58. The van der Waals surface area contributed by atoms with Crippen molar-refractivity contribution in [2.24, 2.45) is 11.8 Å². The number of nitrogens with zero attached hydrogens (tertiary/aromatic N) is 1. The first-order valence-corrected chi connectivity index (χ1v) is 7.14. The van der Waals surface area contributed by atoms with Crippen LogP contribution in [0, 0.1) is 11.8 Å². The van der Waals surface area contributed by atoms with Crippen LogP contribution in [0.15, 0.2) is 0 Å². The lowest BCUT2D eigenvalue weighted by molar-refractivity contribution is 0.154. The van der Waals surface area contributed by atoms with Gasteiger partial charge in [-0.15, -0.1) is 0 Å². The molecule has 2 nitrogen and oxygen atoms in total. The van der Waals surface area contributed by atoms with Crippen LogP contribution in [0.1, 0.15) is 46.5 Å². The molecule has 1 unspecified atom stereocenters. The minimum atomic E-state index is 0.737. The average Bonchev–Trinajstić information content (AvgIpc) is 2.66. The van der Waals surface area contributed by atoms with Gasteiger partial charge in [0.2, 0.25) is 0 Å². The predicted molar refractivity (Wildman–Crippen MR) is 69.6 cm³/mol. The fraction of sp³-hybridized carbons (Fsp3) is 1.00. The van der Waals surface area contributed by atoms with Crippen molar-refractivity contribution in [1.82, 2.24) is 10.2 Å². The second kappa shape index (κ2) is 5.50. The first-order valence-electron chi connectivity index (χ1n) is 7.14. The van der Waals surface area contributed by atoms with Crippen molar-refractivity contribution in [2.75, 3.05) is 19.6 Å². The molecule has 0 aromatic rings. The van der Waals surface area contributed by atoms with Gasteiger partial charge in [-0.05, 0) is 57.5 Å². The van der Waals surface area contributed by atoms with Crippen molar-refractivity contribution < 1.29 is 0 Å². The minimum Gasteiger partial charge on any atom is -0.312 e. The number of hydrogen-bond acceptors (Lipinski definition) is 2. The van der Waals surface area contributed by atoms with Gasteiger partial charge in [-0.1, -0.05) is 13.8 Å². The topological polar surface area (TPSA) is 15.3 Å². The summed E-state index contributed by atoms with van der Waals surface area (Å²) in [7, 11) is 0. The van der Waals surface area contributed by atoms with E-state index in [1.165, 1.54) is 45.3 Å². The third-order valence-electron chi connectivity index (χ3n) is 4.58. The predicted octanol–water partition coefficient (Wildman–Crippen LogP) is 2.49. The lowest BCUT2D eigenvalue weighted by Gasteiger charge is -2.39. The normalized spacial score (nSPS) is 33.0. The van der Waals surface area contributed by atoms with Gasteiger partial charge in [0.15, 0.2) is 0 Å². The Hall–Kier alpha value is -0.0800. The molecule has 0 spiro atoms. The molecule has 0 bridgehead atoms. The lowest BCUT2D eigenvalue weighted by atomic mass is 9.73. The van der Waals surface area contributed by atoms with E-state index < -0.39 is 0 Å². The Bertz CT molecular complexity index is 203. The van der Waals surface area contributed by atoms with Crippen molar-refractivity contribution in [3.05, 3.63) is 0 Å². The molecule has 94 valence electrons. The second-order valence-corrected chi connectivity index (χ2v) is 6.17. The van der Waals surface area contributed by atoms with Crippen LogP contribution in [-0.4, -0.2) is 36.6 Å². The fourth-order valence-electron chi connectivity index (χ4n) is 3.02. The zero-order valence-corrected chi connectivity index (χ0v) is 11.2. The van der Waals surface area contributed by atoms with E-state index in [1.54, 1.807) is 0 Å². The van der Waals surface area contributed by atoms with Gasteiger partial charge >= 0.3 is 0 Å². The van der Waals surface area contributed by atoms with Crippen molar-refractivity contribution in [3.8, 4) is 0 Å². The minimum absolute atomic E-state index is 0.737. The van der Waals surface area contributed by atoms with E-state index in [0.29, 0.717) is 0 Å². The highest BCUT2D eigenvalue weighted by Crippen LogP contribution is 2.33. The smallest absolute Gasteiger partial charge is 0.0192 e. The third-order valence-corrected chi connectivity index (χ3v) is 4.58. The third kappa shape index (κ3) is 2.98. The zero-order chi connectivity index (χ0) is 11.5. The van der Waals surface area contributed by atoms with Gasteiger partial charge in [0.1, 0.15) is 0 Å². The summed E-state index contributed by atoms with van der Waals surface area (Å²) in [6.45, 7) is 10.9. The van der Waals surface area contributed by atoms with Crippen LogP contribution in [0.2, 0.25) is 0 Å². The number of hydrogen-bond donors (Lipinski definition) is 1. The van der Waals surface area contributed by atoms with Crippen LogP contribution < -0.4 is 5.32 Å². The number of rotatable bonds is 5. The van der Waals surface area contributed by atoms with Crippen molar-refractivity contribution >= 4 is 0 Å². The zero-order valence-electron chi connectivity index (χ0n) is 11.2. The Kier molecular flexibility index (Phi) is 4.26. The van der Waals surface area contributed by atoms with Crippen LogP contribution in [0.5, 0.6) is 0 Å². The van der Waals surface area contributed by atoms with Crippen molar-refractivity contribution in [3.63, 3.8) is 0 Å². The summed E-state index contributed by atoms with van der Waals surface area (Å²) in [5, 5.41) is 3.74. The highest BCUT2D eigenvalue weighted by molar-refractivity contribution is 4.87. The van der Waals surface area contributed by atoms with Gasteiger partial charge in [-0.2, -0.15) is 0 Å². The summed E-state index contributed by atoms with van der Waals surface area (Å²) in [4.78, 5) is 2.63. The molecule has 0 aromatic carbocycles. The lowest BCUT2D eigenvalue weighted by Crippen LogP contribution is -2.48. The molecular formula is C14H28N2. The van der Waals surface area contributed by atoms with Gasteiger partial charge in [-0.25, -0.2) is 0 Å². The fourth-order valence-corrected chi connectivity index (χ4v) is 3.02. The van der Waals surface area contributed by atoms with Crippen LogP contribution in [0.3, 0.4) is 0 Å². The van der Waals surface area contributed by atoms with Crippen LogP contribution in [0.25, 0.3) is 0 Å². The molecule has 2 fully saturated rings. The molecule has 1 N–H and O–H groups in total. The summed E-state index contributed by atoms with van der Waals surface area (Å²) < 4.78 is 0. The standard InChI is InChI=1S/C14H28N2/c1-11(2)13-8-14(9-13)15-10-12(3)16-6-4-5-7-16/h11-15H,4-10H2,1-3H3. The molecule has 0 radical (unpaired) electrons. The van der Waals surface area contributed by atoms with E-state index in [0.717, 1.165) is 23.9 Å². The van der Waals surface area contributed by atoms with Gasteiger partial charge in [0, 0.05) is 18.6 Å². The molecule has 1 heterocycles. The average molecular weight is 224 g/mol. The van der Waals surface area contributed by atoms with Gasteiger partial charge in [-0.3, -0.25) is 4.90 Å². The SMILES string of the molecule is CC(C)C1CC(NCC(C)N2CCCC2)C1. The number of likely N-dealkylation sites (tertiary alicyclic amines) is 1. The maximum Gasteiger partial charge on any atom is 0.0192 e.